The first-order valence-electron chi connectivity index (χ1n) is 8.53. The molecule has 2 saturated heterocycles. The van der Waals surface area contributed by atoms with E-state index in [1.165, 1.54) is 12.8 Å². The molecule has 0 saturated carbocycles. The first kappa shape index (κ1) is 16.7. The highest BCUT2D eigenvalue weighted by Crippen LogP contribution is 2.20. The molecule has 2 aliphatic rings. The number of hydrogen-bond acceptors (Lipinski definition) is 5. The van der Waals surface area contributed by atoms with Crippen LogP contribution in [0.4, 0.5) is 5.82 Å². The maximum Gasteiger partial charge on any atom is 0.254 e. The number of carbonyl (C=O) groups excluding carboxylic acids is 2. The zero-order chi connectivity index (χ0) is 17.1. The monoisotopic (exact) mass is 331 g/mol. The fourth-order valence-corrected chi connectivity index (χ4v) is 3.39. The lowest BCUT2D eigenvalue weighted by Crippen LogP contribution is -2.40. The first-order chi connectivity index (χ1) is 11.5. The van der Waals surface area contributed by atoms with Gasteiger partial charge in [0.25, 0.3) is 5.91 Å². The van der Waals surface area contributed by atoms with Crippen LogP contribution in [0.5, 0.6) is 0 Å². The second kappa shape index (κ2) is 7.17. The number of nitrogens with zero attached hydrogens (tertiary/aromatic N) is 4. The molecule has 2 fully saturated rings. The lowest BCUT2D eigenvalue weighted by atomic mass is 10.1. The number of anilines is 1. The Morgan fingerprint density at radius 3 is 2.62 bits per heavy atom. The number of nitrogens with two attached hydrogens (primary N) is 1. The minimum atomic E-state index is -0.353. The summed E-state index contributed by atoms with van der Waals surface area (Å²) in [5.74, 6) is 0.117. The van der Waals surface area contributed by atoms with Gasteiger partial charge in [0.1, 0.15) is 5.82 Å². The number of carbonyl (C=O) groups is 2. The molecule has 0 bridgehead atoms. The van der Waals surface area contributed by atoms with Crippen molar-refractivity contribution in [2.45, 2.75) is 12.8 Å². The Morgan fingerprint density at radius 2 is 1.92 bits per heavy atom. The van der Waals surface area contributed by atoms with Gasteiger partial charge in [0.05, 0.1) is 5.92 Å². The summed E-state index contributed by atoms with van der Waals surface area (Å²) in [6.45, 7) is 4.28. The molecule has 0 radical (unpaired) electrons. The van der Waals surface area contributed by atoms with Gasteiger partial charge in [0, 0.05) is 51.0 Å². The van der Waals surface area contributed by atoms with E-state index in [0.717, 1.165) is 25.5 Å². The average Bonchev–Trinajstić information content (AvgIpc) is 3.04. The molecular weight excluding hydrogens is 306 g/mol. The van der Waals surface area contributed by atoms with Crippen molar-refractivity contribution in [3.8, 4) is 0 Å². The Bertz CT molecular complexity index is 615. The van der Waals surface area contributed by atoms with Crippen molar-refractivity contribution >= 4 is 17.6 Å². The summed E-state index contributed by atoms with van der Waals surface area (Å²) in [5, 5.41) is 0. The van der Waals surface area contributed by atoms with Crippen LogP contribution in [0.15, 0.2) is 18.3 Å². The fourth-order valence-electron chi connectivity index (χ4n) is 3.39. The van der Waals surface area contributed by atoms with Gasteiger partial charge in [-0.25, -0.2) is 4.98 Å². The number of amides is 2. The van der Waals surface area contributed by atoms with Gasteiger partial charge in [0.15, 0.2) is 0 Å². The molecule has 3 heterocycles. The molecule has 0 aromatic carbocycles. The molecule has 1 atom stereocenters. The molecular formula is C17H25N5O2. The Hall–Kier alpha value is -2.15. The summed E-state index contributed by atoms with van der Waals surface area (Å²) in [6.07, 6.45) is 4.02. The molecule has 130 valence electrons. The first-order valence-corrected chi connectivity index (χ1v) is 8.53. The number of aromatic nitrogens is 1. The number of likely N-dealkylation sites (N-methyl/N-ethyl adjacent to an activating group) is 1. The van der Waals surface area contributed by atoms with Crippen LogP contribution in [0.3, 0.4) is 0 Å². The second-order valence-electron chi connectivity index (χ2n) is 6.71. The highest BCUT2D eigenvalue weighted by molar-refractivity contribution is 5.95. The van der Waals surface area contributed by atoms with E-state index in [9.17, 15) is 9.59 Å². The summed E-state index contributed by atoms with van der Waals surface area (Å²) in [7, 11) is 1.95. The Kier molecular flexibility index (Phi) is 4.99. The summed E-state index contributed by atoms with van der Waals surface area (Å²) in [6, 6.07) is 3.61. The highest BCUT2D eigenvalue weighted by atomic mass is 16.2. The van der Waals surface area contributed by atoms with Crippen molar-refractivity contribution in [3.63, 3.8) is 0 Å². The van der Waals surface area contributed by atoms with Crippen molar-refractivity contribution < 1.29 is 9.59 Å². The van der Waals surface area contributed by atoms with Crippen molar-refractivity contribution in [1.82, 2.24) is 14.8 Å². The van der Waals surface area contributed by atoms with Crippen LogP contribution in [-0.4, -0.2) is 72.9 Å². The number of hydrogen-bond donors (Lipinski definition) is 1. The maximum absolute atomic E-state index is 12.9. The van der Waals surface area contributed by atoms with Crippen LogP contribution in [0.1, 0.15) is 23.2 Å². The Labute approximate surface area is 142 Å². The largest absolute Gasteiger partial charge is 0.369 e. The molecule has 0 spiro atoms. The van der Waals surface area contributed by atoms with E-state index >= 15 is 0 Å². The van der Waals surface area contributed by atoms with Gasteiger partial charge in [-0.15, -0.1) is 0 Å². The van der Waals surface area contributed by atoms with Gasteiger partial charge in [-0.05, 0) is 32.0 Å². The predicted octanol–water partition coefficient (Wildman–Crippen LogP) is 0.171. The molecule has 2 amide bonds. The third kappa shape index (κ3) is 3.67. The molecule has 2 N–H and O–H groups in total. The molecule has 3 rings (SSSR count). The standard InChI is InChI=1S/C17H25N5O2/c1-20-8-9-22(12-14(11-20)16(18)23)17(24)13-4-5-19-15(10-13)21-6-2-3-7-21/h4-5,10,14H,2-3,6-9,11-12H2,1H3,(H2,18,23)/t14-/m1/s1. The van der Waals surface area contributed by atoms with E-state index in [-0.39, 0.29) is 17.7 Å². The fraction of sp³-hybridized carbons (Fsp3) is 0.588. The van der Waals surface area contributed by atoms with E-state index in [4.69, 9.17) is 5.73 Å². The molecule has 24 heavy (non-hydrogen) atoms. The number of rotatable bonds is 3. The van der Waals surface area contributed by atoms with E-state index in [1.807, 2.05) is 18.0 Å². The topological polar surface area (TPSA) is 82.8 Å². The van der Waals surface area contributed by atoms with Crippen LogP contribution in [0, 0.1) is 5.92 Å². The zero-order valence-corrected chi connectivity index (χ0v) is 14.1. The summed E-state index contributed by atoms with van der Waals surface area (Å²) >= 11 is 0. The minimum absolute atomic E-state index is 0.0561. The lowest BCUT2D eigenvalue weighted by molar-refractivity contribution is -0.122. The molecule has 7 nitrogen and oxygen atoms in total. The van der Waals surface area contributed by atoms with Gasteiger partial charge in [-0.2, -0.15) is 0 Å². The van der Waals surface area contributed by atoms with Crippen molar-refractivity contribution in [2.75, 3.05) is 51.2 Å². The van der Waals surface area contributed by atoms with E-state index in [2.05, 4.69) is 9.88 Å². The molecule has 1 aromatic rings. The molecule has 2 aliphatic heterocycles. The third-order valence-corrected chi connectivity index (χ3v) is 4.84. The second-order valence-corrected chi connectivity index (χ2v) is 6.71. The summed E-state index contributed by atoms with van der Waals surface area (Å²) < 4.78 is 0. The van der Waals surface area contributed by atoms with Crippen LogP contribution in [-0.2, 0) is 4.79 Å². The molecule has 7 heteroatoms. The average molecular weight is 331 g/mol. The predicted molar refractivity (Wildman–Crippen MR) is 91.8 cm³/mol. The maximum atomic E-state index is 12.9. The molecule has 0 unspecified atom stereocenters. The number of primary amides is 1. The van der Waals surface area contributed by atoms with Gasteiger partial charge in [-0.1, -0.05) is 0 Å². The van der Waals surface area contributed by atoms with Gasteiger partial charge in [0.2, 0.25) is 5.91 Å². The highest BCUT2D eigenvalue weighted by Gasteiger charge is 2.28. The van der Waals surface area contributed by atoms with Crippen molar-refractivity contribution in [3.05, 3.63) is 23.9 Å². The van der Waals surface area contributed by atoms with E-state index in [1.54, 1.807) is 17.2 Å². The SMILES string of the molecule is CN1CCN(C(=O)c2ccnc(N3CCCC3)c2)C[C@H](C(N)=O)C1. The quantitative estimate of drug-likeness (QED) is 0.854. The zero-order valence-electron chi connectivity index (χ0n) is 14.1. The van der Waals surface area contributed by atoms with Crippen LogP contribution < -0.4 is 10.6 Å². The summed E-state index contributed by atoms with van der Waals surface area (Å²) in [5.41, 5.74) is 6.11. The molecule has 0 aliphatic carbocycles. The van der Waals surface area contributed by atoms with Gasteiger partial charge < -0.3 is 20.4 Å². The van der Waals surface area contributed by atoms with Gasteiger partial charge >= 0.3 is 0 Å². The van der Waals surface area contributed by atoms with Crippen LogP contribution in [0.2, 0.25) is 0 Å². The molecule has 1 aromatic heterocycles. The number of pyridine rings is 1. The summed E-state index contributed by atoms with van der Waals surface area (Å²) in [4.78, 5) is 34.9. The van der Waals surface area contributed by atoms with Crippen LogP contribution >= 0.6 is 0 Å². The van der Waals surface area contributed by atoms with Gasteiger partial charge in [-0.3, -0.25) is 9.59 Å². The Morgan fingerprint density at radius 1 is 1.17 bits per heavy atom. The van der Waals surface area contributed by atoms with E-state index < -0.39 is 0 Å². The van der Waals surface area contributed by atoms with Crippen LogP contribution in [0.25, 0.3) is 0 Å². The normalized spacial score (nSPS) is 22.5. The van der Waals surface area contributed by atoms with Crippen molar-refractivity contribution in [2.24, 2.45) is 11.7 Å². The smallest absolute Gasteiger partial charge is 0.254 e. The third-order valence-electron chi connectivity index (χ3n) is 4.84. The van der Waals surface area contributed by atoms with Crippen molar-refractivity contribution in [1.29, 1.82) is 0 Å². The minimum Gasteiger partial charge on any atom is -0.369 e. The lowest BCUT2D eigenvalue weighted by Gasteiger charge is -2.23. The Balaban J connectivity index is 1.77. The van der Waals surface area contributed by atoms with E-state index in [0.29, 0.717) is 25.2 Å².